The van der Waals surface area contributed by atoms with Crippen molar-refractivity contribution < 1.29 is 9.13 Å². The van der Waals surface area contributed by atoms with Gasteiger partial charge in [0.15, 0.2) is 0 Å². The Morgan fingerprint density at radius 2 is 1.88 bits per heavy atom. The highest BCUT2D eigenvalue weighted by molar-refractivity contribution is 5.92. The lowest BCUT2D eigenvalue weighted by Gasteiger charge is -2.43. The van der Waals surface area contributed by atoms with E-state index in [1.165, 1.54) is 29.0 Å². The molecule has 4 heteroatoms. The Morgan fingerprint density at radius 1 is 1.19 bits per heavy atom. The zero-order valence-corrected chi connectivity index (χ0v) is 16.0. The van der Waals surface area contributed by atoms with Crippen molar-refractivity contribution in [2.45, 2.75) is 33.2 Å². The van der Waals surface area contributed by atoms with Gasteiger partial charge in [-0.1, -0.05) is 6.08 Å². The third-order valence-corrected chi connectivity index (χ3v) is 4.82. The van der Waals surface area contributed by atoms with Crippen LogP contribution in [0.15, 0.2) is 47.5 Å². The van der Waals surface area contributed by atoms with Crippen LogP contribution in [-0.2, 0) is 0 Å². The summed E-state index contributed by atoms with van der Waals surface area (Å²) in [6, 6.07) is 10.3. The number of hydrogen-bond donors (Lipinski definition) is 0. The minimum Gasteiger partial charge on any atom is -0.496 e. The molecule has 0 bridgehead atoms. The number of allylic oxidation sites excluding steroid dienone is 1. The number of aliphatic imine (C=N–C) groups is 1. The third-order valence-electron chi connectivity index (χ3n) is 4.82. The standard InChI is InChI=1S/C22H25FN2O/c1-6-25-20-12-21(26-5)16(11-19(20)15(2)13-22(25,3)4)14-24-18-9-7-17(23)8-10-18/h7-14H,6H2,1-5H3. The van der Waals surface area contributed by atoms with Crippen LogP contribution in [0.4, 0.5) is 15.8 Å². The first-order valence-corrected chi connectivity index (χ1v) is 8.85. The van der Waals surface area contributed by atoms with Crippen LogP contribution in [0.5, 0.6) is 5.75 Å². The molecule has 0 fully saturated rings. The molecule has 136 valence electrons. The SMILES string of the molecule is CCN1c2cc(OC)c(C=Nc3ccc(F)cc3)cc2C(C)=CC1(C)C. The molecule has 0 N–H and O–H groups in total. The number of nitrogens with zero attached hydrogens (tertiary/aromatic N) is 2. The Labute approximate surface area is 154 Å². The van der Waals surface area contributed by atoms with Gasteiger partial charge in [-0.2, -0.15) is 0 Å². The van der Waals surface area contributed by atoms with E-state index >= 15 is 0 Å². The zero-order chi connectivity index (χ0) is 18.9. The molecular weight excluding hydrogens is 327 g/mol. The predicted octanol–water partition coefficient (Wildman–Crippen LogP) is 5.61. The summed E-state index contributed by atoms with van der Waals surface area (Å²) in [6.45, 7) is 9.66. The van der Waals surface area contributed by atoms with Crippen LogP contribution in [0.3, 0.4) is 0 Å². The van der Waals surface area contributed by atoms with Crippen LogP contribution in [0, 0.1) is 5.82 Å². The van der Waals surface area contributed by atoms with E-state index in [2.05, 4.69) is 55.8 Å². The maximum absolute atomic E-state index is 13.1. The first kappa shape index (κ1) is 18.2. The fourth-order valence-electron chi connectivity index (χ4n) is 3.65. The van der Waals surface area contributed by atoms with Crippen molar-refractivity contribution >= 4 is 23.2 Å². The van der Waals surface area contributed by atoms with Crippen LogP contribution in [0.2, 0.25) is 0 Å². The molecule has 1 aliphatic rings. The normalized spacial score (nSPS) is 15.8. The van der Waals surface area contributed by atoms with Gasteiger partial charge in [-0.05, 0) is 63.6 Å². The lowest BCUT2D eigenvalue weighted by atomic mass is 9.88. The van der Waals surface area contributed by atoms with Gasteiger partial charge in [0.2, 0.25) is 0 Å². The second kappa shape index (κ2) is 6.94. The van der Waals surface area contributed by atoms with E-state index in [4.69, 9.17) is 4.74 Å². The smallest absolute Gasteiger partial charge is 0.129 e. The lowest BCUT2D eigenvalue weighted by Crippen LogP contribution is -2.44. The van der Waals surface area contributed by atoms with Crippen molar-refractivity contribution in [3.63, 3.8) is 0 Å². The van der Waals surface area contributed by atoms with Crippen LogP contribution < -0.4 is 9.64 Å². The number of methoxy groups -OCH3 is 1. The molecule has 2 aromatic carbocycles. The maximum atomic E-state index is 13.1. The van der Waals surface area contributed by atoms with Gasteiger partial charge in [0.25, 0.3) is 0 Å². The molecular formula is C22H25FN2O. The highest BCUT2D eigenvalue weighted by atomic mass is 19.1. The third kappa shape index (κ3) is 3.36. The predicted molar refractivity (Wildman–Crippen MR) is 107 cm³/mol. The Morgan fingerprint density at radius 3 is 2.50 bits per heavy atom. The second-order valence-electron chi connectivity index (χ2n) is 7.07. The van der Waals surface area contributed by atoms with Crippen molar-refractivity contribution in [2.75, 3.05) is 18.6 Å². The summed E-state index contributed by atoms with van der Waals surface area (Å²) in [5, 5.41) is 0. The molecule has 0 unspecified atom stereocenters. The first-order chi connectivity index (χ1) is 12.4. The van der Waals surface area contributed by atoms with Crippen LogP contribution in [0.25, 0.3) is 5.57 Å². The van der Waals surface area contributed by atoms with E-state index in [0.29, 0.717) is 5.69 Å². The van der Waals surface area contributed by atoms with Gasteiger partial charge < -0.3 is 9.64 Å². The second-order valence-corrected chi connectivity index (χ2v) is 7.07. The van der Waals surface area contributed by atoms with Crippen LogP contribution in [-0.4, -0.2) is 25.4 Å². The fraction of sp³-hybridized carbons (Fsp3) is 0.318. The molecule has 0 amide bonds. The van der Waals surface area contributed by atoms with Gasteiger partial charge in [-0.15, -0.1) is 0 Å². The van der Waals surface area contributed by atoms with Gasteiger partial charge in [0, 0.05) is 35.6 Å². The monoisotopic (exact) mass is 352 g/mol. The van der Waals surface area contributed by atoms with Gasteiger partial charge in [-0.25, -0.2) is 4.39 Å². The number of halogens is 1. The Kier molecular flexibility index (Phi) is 4.86. The minimum absolute atomic E-state index is 0.0411. The summed E-state index contributed by atoms with van der Waals surface area (Å²) < 4.78 is 18.7. The summed E-state index contributed by atoms with van der Waals surface area (Å²) in [6.07, 6.45) is 4.07. The van der Waals surface area contributed by atoms with E-state index in [-0.39, 0.29) is 11.4 Å². The van der Waals surface area contributed by atoms with E-state index in [9.17, 15) is 4.39 Å². The summed E-state index contributed by atoms with van der Waals surface area (Å²) in [4.78, 5) is 6.84. The van der Waals surface area contributed by atoms with Gasteiger partial charge in [0.05, 0.1) is 18.3 Å². The zero-order valence-electron chi connectivity index (χ0n) is 16.0. The lowest BCUT2D eigenvalue weighted by molar-refractivity contribution is 0.413. The molecule has 0 radical (unpaired) electrons. The summed E-state index contributed by atoms with van der Waals surface area (Å²) in [7, 11) is 1.67. The number of anilines is 1. The highest BCUT2D eigenvalue weighted by Crippen LogP contribution is 2.41. The van der Waals surface area contributed by atoms with E-state index < -0.39 is 0 Å². The molecule has 0 saturated carbocycles. The maximum Gasteiger partial charge on any atom is 0.129 e. The number of hydrogen-bond acceptors (Lipinski definition) is 3. The first-order valence-electron chi connectivity index (χ1n) is 8.85. The molecule has 26 heavy (non-hydrogen) atoms. The van der Waals surface area contributed by atoms with Crippen molar-refractivity contribution in [1.82, 2.24) is 0 Å². The van der Waals surface area contributed by atoms with Gasteiger partial charge in [-0.3, -0.25) is 4.99 Å². The van der Waals surface area contributed by atoms with Crippen LogP contribution in [0.1, 0.15) is 38.8 Å². The average Bonchev–Trinajstić information content (AvgIpc) is 2.60. The molecule has 1 aliphatic heterocycles. The average molecular weight is 352 g/mol. The topological polar surface area (TPSA) is 24.8 Å². The molecule has 0 saturated heterocycles. The largest absolute Gasteiger partial charge is 0.496 e. The van der Waals surface area contributed by atoms with E-state index in [0.717, 1.165) is 17.9 Å². The Balaban J connectivity index is 2.06. The highest BCUT2D eigenvalue weighted by Gasteiger charge is 2.31. The van der Waals surface area contributed by atoms with E-state index in [1.807, 2.05) is 0 Å². The summed E-state index contributed by atoms with van der Waals surface area (Å²) in [5.41, 5.74) is 5.17. The number of likely N-dealkylation sites (N-methyl/N-ethyl adjacent to an activating group) is 1. The van der Waals surface area contributed by atoms with Gasteiger partial charge in [0.1, 0.15) is 11.6 Å². The van der Waals surface area contributed by atoms with Crippen molar-refractivity contribution in [3.05, 3.63) is 59.4 Å². The minimum atomic E-state index is -0.265. The quantitative estimate of drug-likeness (QED) is 0.669. The number of rotatable bonds is 4. The number of ether oxygens (including phenoxy) is 1. The molecule has 0 aromatic heterocycles. The molecule has 2 aromatic rings. The molecule has 3 nitrogen and oxygen atoms in total. The number of fused-ring (bicyclic) bond motifs is 1. The Hall–Kier alpha value is -2.62. The Bertz CT molecular complexity index is 866. The summed E-state index contributed by atoms with van der Waals surface area (Å²) >= 11 is 0. The van der Waals surface area contributed by atoms with Crippen molar-refractivity contribution in [3.8, 4) is 5.75 Å². The molecule has 0 spiro atoms. The van der Waals surface area contributed by atoms with Crippen molar-refractivity contribution in [1.29, 1.82) is 0 Å². The molecule has 0 atom stereocenters. The van der Waals surface area contributed by atoms with Crippen molar-refractivity contribution in [2.24, 2.45) is 4.99 Å². The molecule has 1 heterocycles. The number of benzene rings is 2. The van der Waals surface area contributed by atoms with E-state index in [1.54, 1.807) is 25.5 Å². The fourth-order valence-corrected chi connectivity index (χ4v) is 3.65. The molecule has 3 rings (SSSR count). The molecule has 0 aliphatic carbocycles. The van der Waals surface area contributed by atoms with Crippen LogP contribution >= 0.6 is 0 Å². The summed E-state index contributed by atoms with van der Waals surface area (Å²) in [5.74, 6) is 0.511. The van der Waals surface area contributed by atoms with Gasteiger partial charge >= 0.3 is 0 Å².